The van der Waals surface area contributed by atoms with E-state index in [2.05, 4.69) is 10.6 Å². The number of benzene rings is 2. The maximum atomic E-state index is 12.2. The molecule has 2 aromatic carbocycles. The lowest BCUT2D eigenvalue weighted by molar-refractivity contribution is -0.120. The van der Waals surface area contributed by atoms with Gasteiger partial charge < -0.3 is 20.5 Å². The van der Waals surface area contributed by atoms with Crippen molar-refractivity contribution in [2.45, 2.75) is 12.5 Å². The number of hydrogen-bond acceptors (Lipinski definition) is 4. The number of hydrogen-bond donors (Lipinski definition) is 3. The minimum atomic E-state index is -0.201. The smallest absolute Gasteiger partial charge is 0.239 e. The van der Waals surface area contributed by atoms with Crippen LogP contribution in [0.1, 0.15) is 18.0 Å². The van der Waals surface area contributed by atoms with Crippen molar-refractivity contribution in [3.05, 3.63) is 60.2 Å². The second-order valence-corrected chi connectivity index (χ2v) is 5.10. The first kappa shape index (κ1) is 16.8. The molecule has 0 fully saturated rings. The zero-order valence-electron chi connectivity index (χ0n) is 13.2. The highest BCUT2D eigenvalue weighted by atomic mass is 16.5. The summed E-state index contributed by atoms with van der Waals surface area (Å²) in [6.07, 6.45) is 0.477. The topological polar surface area (TPSA) is 70.6 Å². The number of amides is 1. The Kier molecular flexibility index (Phi) is 6.44. The van der Waals surface area contributed by atoms with E-state index in [1.54, 1.807) is 7.11 Å². The fourth-order valence-electron chi connectivity index (χ4n) is 2.35. The minimum absolute atomic E-state index is 0.0137. The van der Waals surface area contributed by atoms with Crippen molar-refractivity contribution >= 4 is 11.6 Å². The molecule has 0 heterocycles. The number of para-hydroxylation sites is 2. The lowest BCUT2D eigenvalue weighted by atomic mass is 10.0. The number of carbonyl (C=O) groups excluding carboxylic acids is 1. The number of anilines is 1. The number of methoxy groups -OCH3 is 1. The molecule has 0 radical (unpaired) electrons. The zero-order valence-corrected chi connectivity index (χ0v) is 13.2. The lowest BCUT2D eigenvalue weighted by Crippen LogP contribution is -2.33. The molecule has 2 aromatic rings. The van der Waals surface area contributed by atoms with Crippen LogP contribution in [0, 0.1) is 0 Å². The molecule has 122 valence electrons. The molecule has 0 bridgehead atoms. The third-order valence-electron chi connectivity index (χ3n) is 3.50. The summed E-state index contributed by atoms with van der Waals surface area (Å²) < 4.78 is 5.24. The van der Waals surface area contributed by atoms with Crippen LogP contribution in [0.3, 0.4) is 0 Å². The summed E-state index contributed by atoms with van der Waals surface area (Å²) >= 11 is 0. The largest absolute Gasteiger partial charge is 0.495 e. The molecule has 0 saturated carbocycles. The van der Waals surface area contributed by atoms with Gasteiger partial charge >= 0.3 is 0 Å². The summed E-state index contributed by atoms with van der Waals surface area (Å²) in [6, 6.07) is 16.9. The Morgan fingerprint density at radius 1 is 1.13 bits per heavy atom. The summed E-state index contributed by atoms with van der Waals surface area (Å²) in [5.41, 5.74) is 1.75. The molecular formula is C18H22N2O3. The van der Waals surface area contributed by atoms with Crippen molar-refractivity contribution in [2.24, 2.45) is 0 Å². The highest BCUT2D eigenvalue weighted by Crippen LogP contribution is 2.22. The van der Waals surface area contributed by atoms with Gasteiger partial charge in [0.1, 0.15) is 5.75 Å². The molecule has 0 saturated heterocycles. The van der Waals surface area contributed by atoms with Crippen LogP contribution >= 0.6 is 0 Å². The normalized spacial score (nSPS) is 11.6. The van der Waals surface area contributed by atoms with Crippen LogP contribution in [0.25, 0.3) is 0 Å². The van der Waals surface area contributed by atoms with E-state index in [9.17, 15) is 9.90 Å². The highest BCUT2D eigenvalue weighted by Gasteiger charge is 2.14. The van der Waals surface area contributed by atoms with Crippen LogP contribution in [-0.2, 0) is 4.79 Å². The molecule has 0 aliphatic rings. The molecule has 5 nitrogen and oxygen atoms in total. The molecule has 0 aliphatic heterocycles. The third kappa shape index (κ3) is 5.00. The van der Waals surface area contributed by atoms with E-state index < -0.39 is 0 Å². The average molecular weight is 314 g/mol. The van der Waals surface area contributed by atoms with E-state index in [0.717, 1.165) is 11.3 Å². The van der Waals surface area contributed by atoms with Gasteiger partial charge in [-0.1, -0.05) is 42.5 Å². The standard InChI is InChI=1S/C18H22N2O3/c1-23-17-10-6-5-9-16(17)19-13-18(22)20-15(11-12-21)14-7-3-2-4-8-14/h2-10,15,19,21H,11-13H2,1H3,(H,20,22). The summed E-state index contributed by atoms with van der Waals surface area (Å²) in [7, 11) is 1.59. The molecule has 1 unspecified atom stereocenters. The number of aliphatic hydroxyl groups is 1. The van der Waals surface area contributed by atoms with Crippen LogP contribution in [0.15, 0.2) is 54.6 Å². The van der Waals surface area contributed by atoms with Crippen molar-refractivity contribution in [3.63, 3.8) is 0 Å². The van der Waals surface area contributed by atoms with E-state index in [0.29, 0.717) is 12.2 Å². The number of ether oxygens (including phenoxy) is 1. The molecule has 0 spiro atoms. The number of carbonyl (C=O) groups is 1. The Morgan fingerprint density at radius 3 is 2.52 bits per heavy atom. The molecule has 0 aromatic heterocycles. The van der Waals surface area contributed by atoms with Crippen molar-refractivity contribution < 1.29 is 14.6 Å². The van der Waals surface area contributed by atoms with Gasteiger partial charge in [-0.15, -0.1) is 0 Å². The van der Waals surface area contributed by atoms with Gasteiger partial charge in [0.2, 0.25) is 5.91 Å². The molecule has 23 heavy (non-hydrogen) atoms. The summed E-state index contributed by atoms with van der Waals surface area (Å²) in [5, 5.41) is 15.2. The van der Waals surface area contributed by atoms with Gasteiger partial charge in [-0.2, -0.15) is 0 Å². The first-order valence-corrected chi connectivity index (χ1v) is 7.56. The first-order valence-electron chi connectivity index (χ1n) is 7.56. The molecule has 0 aliphatic carbocycles. The summed E-state index contributed by atoms with van der Waals surface area (Å²) in [5.74, 6) is 0.550. The van der Waals surface area contributed by atoms with Gasteiger partial charge in [0.05, 0.1) is 25.4 Å². The van der Waals surface area contributed by atoms with Crippen molar-refractivity contribution in [1.29, 1.82) is 0 Å². The van der Waals surface area contributed by atoms with E-state index >= 15 is 0 Å². The first-order chi connectivity index (χ1) is 11.2. The number of aliphatic hydroxyl groups excluding tert-OH is 1. The van der Waals surface area contributed by atoms with Crippen LogP contribution in [0.4, 0.5) is 5.69 Å². The van der Waals surface area contributed by atoms with Crippen LogP contribution < -0.4 is 15.4 Å². The van der Waals surface area contributed by atoms with E-state index in [-0.39, 0.29) is 25.1 Å². The van der Waals surface area contributed by atoms with E-state index in [4.69, 9.17) is 4.74 Å². The molecular weight excluding hydrogens is 292 g/mol. The van der Waals surface area contributed by atoms with Crippen molar-refractivity contribution in [3.8, 4) is 5.75 Å². The SMILES string of the molecule is COc1ccccc1NCC(=O)NC(CCO)c1ccccc1. The van der Waals surface area contributed by atoms with Crippen LogP contribution in [0.5, 0.6) is 5.75 Å². The molecule has 5 heteroatoms. The van der Waals surface area contributed by atoms with Crippen LogP contribution in [0.2, 0.25) is 0 Å². The van der Waals surface area contributed by atoms with Gasteiger partial charge in [0, 0.05) is 6.61 Å². The Morgan fingerprint density at radius 2 is 1.83 bits per heavy atom. The quantitative estimate of drug-likeness (QED) is 0.699. The zero-order chi connectivity index (χ0) is 16.5. The Balaban J connectivity index is 1.94. The predicted octanol–water partition coefficient (Wildman–Crippen LogP) is 2.35. The van der Waals surface area contributed by atoms with Gasteiger partial charge in [-0.25, -0.2) is 0 Å². The second-order valence-electron chi connectivity index (χ2n) is 5.10. The lowest BCUT2D eigenvalue weighted by Gasteiger charge is -2.19. The Labute approximate surface area is 136 Å². The maximum absolute atomic E-state index is 12.2. The van der Waals surface area contributed by atoms with Gasteiger partial charge in [0.15, 0.2) is 0 Å². The molecule has 2 rings (SSSR count). The molecule has 1 amide bonds. The van der Waals surface area contributed by atoms with Crippen molar-refractivity contribution in [1.82, 2.24) is 5.32 Å². The summed E-state index contributed by atoms with van der Waals surface area (Å²) in [4.78, 5) is 12.2. The monoisotopic (exact) mass is 314 g/mol. The predicted molar refractivity (Wildman–Crippen MR) is 90.5 cm³/mol. The molecule has 3 N–H and O–H groups in total. The third-order valence-corrected chi connectivity index (χ3v) is 3.50. The number of rotatable bonds is 8. The Hall–Kier alpha value is -2.53. The number of nitrogens with one attached hydrogen (secondary N) is 2. The maximum Gasteiger partial charge on any atom is 0.239 e. The summed E-state index contributed by atoms with van der Waals surface area (Å²) in [6.45, 7) is 0.148. The highest BCUT2D eigenvalue weighted by molar-refractivity contribution is 5.81. The fraction of sp³-hybridized carbons (Fsp3) is 0.278. The van der Waals surface area contributed by atoms with Gasteiger partial charge in [0.25, 0.3) is 0 Å². The van der Waals surface area contributed by atoms with E-state index in [1.807, 2.05) is 54.6 Å². The fourth-order valence-corrected chi connectivity index (χ4v) is 2.35. The van der Waals surface area contributed by atoms with Crippen LogP contribution in [-0.4, -0.2) is 31.3 Å². The molecule has 1 atom stereocenters. The van der Waals surface area contributed by atoms with Crippen molar-refractivity contribution in [2.75, 3.05) is 25.6 Å². The minimum Gasteiger partial charge on any atom is -0.495 e. The van der Waals surface area contributed by atoms with Gasteiger partial charge in [-0.3, -0.25) is 4.79 Å². The second kappa shape index (κ2) is 8.80. The average Bonchev–Trinajstić information content (AvgIpc) is 2.60. The van der Waals surface area contributed by atoms with E-state index in [1.165, 1.54) is 0 Å². The van der Waals surface area contributed by atoms with Gasteiger partial charge in [-0.05, 0) is 24.1 Å². The Bertz CT molecular complexity index is 617.